The number of likely N-dealkylation sites (N-methyl/N-ethyl adjacent to an activating group) is 1. The first kappa shape index (κ1) is 18.6. The standard InChI is InChI=1S/C22H27N5O/c1-17-20(27-14-7-12-23-22(27)24-17)21(28)25(2)19-10-6-13-26(16-19)15-11-18-8-4-3-5-9-18/h3-5,7-9,12,14,19H,6,10-11,13,15-16H2,1-2H3/t19-/m0/s1. The van der Waals surface area contributed by atoms with Gasteiger partial charge in [0.1, 0.15) is 5.69 Å². The summed E-state index contributed by atoms with van der Waals surface area (Å²) in [6.45, 7) is 4.93. The highest BCUT2D eigenvalue weighted by Crippen LogP contribution is 2.19. The summed E-state index contributed by atoms with van der Waals surface area (Å²) in [6.07, 6.45) is 6.76. The van der Waals surface area contributed by atoms with Gasteiger partial charge in [0.05, 0.1) is 5.69 Å². The van der Waals surface area contributed by atoms with Crippen molar-refractivity contribution in [3.8, 4) is 0 Å². The van der Waals surface area contributed by atoms with Crippen LogP contribution in [0, 0.1) is 6.92 Å². The van der Waals surface area contributed by atoms with Crippen molar-refractivity contribution in [3.63, 3.8) is 0 Å². The summed E-state index contributed by atoms with van der Waals surface area (Å²) in [5.74, 6) is 0.595. The number of piperidine rings is 1. The van der Waals surface area contributed by atoms with Crippen LogP contribution in [0.15, 0.2) is 48.8 Å². The quantitative estimate of drug-likeness (QED) is 0.686. The number of aromatic nitrogens is 3. The summed E-state index contributed by atoms with van der Waals surface area (Å²) in [6, 6.07) is 12.6. The fourth-order valence-electron chi connectivity index (χ4n) is 4.07. The highest BCUT2D eigenvalue weighted by atomic mass is 16.2. The molecule has 1 saturated heterocycles. The monoisotopic (exact) mass is 377 g/mol. The summed E-state index contributed by atoms with van der Waals surface area (Å²) in [5, 5.41) is 0. The lowest BCUT2D eigenvalue weighted by molar-refractivity contribution is 0.0612. The van der Waals surface area contributed by atoms with Gasteiger partial charge < -0.3 is 9.80 Å². The van der Waals surface area contributed by atoms with Gasteiger partial charge in [-0.05, 0) is 44.4 Å². The number of hydrogen-bond donors (Lipinski definition) is 0. The molecular formula is C22H27N5O. The first-order valence-electron chi connectivity index (χ1n) is 9.96. The molecule has 1 atom stereocenters. The molecule has 3 heterocycles. The van der Waals surface area contributed by atoms with Gasteiger partial charge in [0, 0.05) is 38.6 Å². The summed E-state index contributed by atoms with van der Waals surface area (Å²) >= 11 is 0. The van der Waals surface area contributed by atoms with Crippen LogP contribution in [-0.4, -0.2) is 62.8 Å². The molecule has 1 fully saturated rings. The molecule has 0 saturated carbocycles. The summed E-state index contributed by atoms with van der Waals surface area (Å²) in [5.41, 5.74) is 2.71. The average molecular weight is 377 g/mol. The molecular weight excluding hydrogens is 350 g/mol. The summed E-state index contributed by atoms with van der Waals surface area (Å²) in [7, 11) is 1.92. The second-order valence-electron chi connectivity index (χ2n) is 7.58. The average Bonchev–Trinajstić information content (AvgIpc) is 3.08. The smallest absolute Gasteiger partial charge is 0.272 e. The second kappa shape index (κ2) is 8.10. The zero-order valence-electron chi connectivity index (χ0n) is 16.6. The number of fused-ring (bicyclic) bond motifs is 1. The van der Waals surface area contributed by atoms with Crippen LogP contribution in [0.4, 0.5) is 0 Å². The molecule has 0 bridgehead atoms. The number of carbonyl (C=O) groups is 1. The number of likely N-dealkylation sites (tertiary alicyclic amines) is 1. The molecule has 0 N–H and O–H groups in total. The summed E-state index contributed by atoms with van der Waals surface area (Å²) in [4.78, 5) is 26.3. The number of imidazole rings is 1. The van der Waals surface area contributed by atoms with Gasteiger partial charge in [-0.15, -0.1) is 0 Å². The molecule has 2 aromatic heterocycles. The van der Waals surface area contributed by atoms with Gasteiger partial charge in [-0.2, -0.15) is 0 Å². The predicted molar refractivity (Wildman–Crippen MR) is 109 cm³/mol. The van der Waals surface area contributed by atoms with Crippen molar-refractivity contribution in [1.29, 1.82) is 0 Å². The van der Waals surface area contributed by atoms with Gasteiger partial charge in [0.2, 0.25) is 5.78 Å². The Labute approximate surface area is 165 Å². The molecule has 0 radical (unpaired) electrons. The maximum absolute atomic E-state index is 13.2. The SMILES string of the molecule is Cc1nc2ncccn2c1C(=O)N(C)[C@H]1CCCN(CCc2ccccc2)C1. The fraction of sp³-hybridized carbons (Fsp3) is 0.409. The van der Waals surface area contributed by atoms with E-state index in [1.54, 1.807) is 10.6 Å². The fourth-order valence-corrected chi connectivity index (χ4v) is 4.07. The van der Waals surface area contributed by atoms with Crippen molar-refractivity contribution in [3.05, 3.63) is 65.7 Å². The minimum Gasteiger partial charge on any atom is -0.336 e. The predicted octanol–water partition coefficient (Wildman–Crippen LogP) is 2.82. The van der Waals surface area contributed by atoms with Gasteiger partial charge in [0.15, 0.2) is 0 Å². The molecule has 0 aliphatic carbocycles. The Hall–Kier alpha value is -2.73. The molecule has 1 amide bonds. The zero-order chi connectivity index (χ0) is 19.5. The van der Waals surface area contributed by atoms with E-state index in [0.29, 0.717) is 11.5 Å². The highest BCUT2D eigenvalue weighted by Gasteiger charge is 2.29. The van der Waals surface area contributed by atoms with Crippen LogP contribution in [0.2, 0.25) is 0 Å². The van der Waals surface area contributed by atoms with E-state index < -0.39 is 0 Å². The van der Waals surface area contributed by atoms with Crippen molar-refractivity contribution in [2.75, 3.05) is 26.7 Å². The largest absolute Gasteiger partial charge is 0.336 e. The minimum atomic E-state index is 0.0212. The third kappa shape index (κ3) is 3.78. The van der Waals surface area contributed by atoms with Crippen LogP contribution < -0.4 is 0 Å². The number of benzene rings is 1. The Morgan fingerprint density at radius 1 is 1.25 bits per heavy atom. The van der Waals surface area contributed by atoms with Gasteiger partial charge >= 0.3 is 0 Å². The molecule has 1 aromatic carbocycles. The van der Waals surface area contributed by atoms with Crippen LogP contribution in [0.5, 0.6) is 0 Å². The lowest BCUT2D eigenvalue weighted by Crippen LogP contribution is -2.49. The first-order chi connectivity index (χ1) is 13.6. The van der Waals surface area contributed by atoms with E-state index >= 15 is 0 Å². The topological polar surface area (TPSA) is 53.7 Å². The van der Waals surface area contributed by atoms with Gasteiger partial charge in [0.25, 0.3) is 5.91 Å². The lowest BCUT2D eigenvalue weighted by atomic mass is 10.0. The number of rotatable bonds is 5. The molecule has 3 aromatic rings. The van der Waals surface area contributed by atoms with Crippen molar-refractivity contribution >= 4 is 11.7 Å². The molecule has 0 spiro atoms. The van der Waals surface area contributed by atoms with E-state index in [1.165, 1.54) is 5.56 Å². The molecule has 1 aliphatic heterocycles. The number of nitrogens with zero attached hydrogens (tertiary/aromatic N) is 5. The Morgan fingerprint density at radius 2 is 2.07 bits per heavy atom. The highest BCUT2D eigenvalue weighted by molar-refractivity contribution is 5.94. The number of aryl methyl sites for hydroxylation is 1. The van der Waals surface area contributed by atoms with E-state index in [-0.39, 0.29) is 11.9 Å². The van der Waals surface area contributed by atoms with Gasteiger partial charge in [-0.3, -0.25) is 9.20 Å². The maximum atomic E-state index is 13.2. The minimum absolute atomic E-state index is 0.0212. The normalized spacial score (nSPS) is 17.7. The van der Waals surface area contributed by atoms with Crippen LogP contribution in [0.3, 0.4) is 0 Å². The Kier molecular flexibility index (Phi) is 5.39. The molecule has 0 unspecified atom stereocenters. The molecule has 6 heteroatoms. The molecule has 146 valence electrons. The number of hydrogen-bond acceptors (Lipinski definition) is 4. The first-order valence-corrected chi connectivity index (χ1v) is 9.96. The second-order valence-corrected chi connectivity index (χ2v) is 7.58. The lowest BCUT2D eigenvalue weighted by Gasteiger charge is -2.37. The van der Waals surface area contributed by atoms with Gasteiger partial charge in [-0.1, -0.05) is 30.3 Å². The van der Waals surface area contributed by atoms with Crippen LogP contribution in [0.25, 0.3) is 5.78 Å². The zero-order valence-corrected chi connectivity index (χ0v) is 16.6. The third-order valence-corrected chi connectivity index (χ3v) is 5.69. The van der Waals surface area contributed by atoms with Crippen molar-refractivity contribution < 1.29 is 4.79 Å². The Balaban J connectivity index is 1.44. The van der Waals surface area contributed by atoms with E-state index in [2.05, 4.69) is 45.2 Å². The molecule has 4 rings (SSSR count). The van der Waals surface area contributed by atoms with Crippen molar-refractivity contribution in [2.45, 2.75) is 32.2 Å². The van der Waals surface area contributed by atoms with Crippen molar-refractivity contribution in [2.24, 2.45) is 0 Å². The van der Waals surface area contributed by atoms with Gasteiger partial charge in [-0.25, -0.2) is 9.97 Å². The van der Waals surface area contributed by atoms with E-state index in [4.69, 9.17) is 0 Å². The van der Waals surface area contributed by atoms with Crippen molar-refractivity contribution in [1.82, 2.24) is 24.2 Å². The summed E-state index contributed by atoms with van der Waals surface area (Å²) < 4.78 is 1.80. The van der Waals surface area contributed by atoms with Crippen LogP contribution in [-0.2, 0) is 6.42 Å². The molecule has 28 heavy (non-hydrogen) atoms. The van der Waals surface area contributed by atoms with Crippen LogP contribution >= 0.6 is 0 Å². The Morgan fingerprint density at radius 3 is 2.89 bits per heavy atom. The Bertz CT molecular complexity index is 952. The third-order valence-electron chi connectivity index (χ3n) is 5.69. The van der Waals surface area contributed by atoms with E-state index in [9.17, 15) is 4.79 Å². The number of carbonyl (C=O) groups excluding carboxylic acids is 1. The van der Waals surface area contributed by atoms with E-state index in [1.807, 2.05) is 31.1 Å². The van der Waals surface area contributed by atoms with Crippen LogP contribution in [0.1, 0.15) is 34.6 Å². The van der Waals surface area contributed by atoms with E-state index in [0.717, 1.165) is 44.6 Å². The maximum Gasteiger partial charge on any atom is 0.272 e. The molecule has 6 nitrogen and oxygen atoms in total. The number of amides is 1. The molecule has 1 aliphatic rings.